The maximum atomic E-state index is 4.42. The third-order valence-electron chi connectivity index (χ3n) is 3.81. The summed E-state index contributed by atoms with van der Waals surface area (Å²) in [5, 5.41) is 8.85. The Kier molecular flexibility index (Phi) is 3.96. The largest absolute Gasteiger partial charge is 0.337 e. The van der Waals surface area contributed by atoms with E-state index in [0.29, 0.717) is 0 Å². The Morgan fingerprint density at radius 2 is 2.04 bits per heavy atom. The van der Waals surface area contributed by atoms with E-state index in [1.807, 2.05) is 35.3 Å². The van der Waals surface area contributed by atoms with E-state index in [9.17, 15) is 0 Å². The molecule has 120 valence electrons. The predicted molar refractivity (Wildman–Crippen MR) is 97.8 cm³/mol. The average Bonchev–Trinajstić information content (AvgIpc) is 3.23. The number of aromatic nitrogens is 4. The van der Waals surface area contributed by atoms with Gasteiger partial charge in [0, 0.05) is 11.1 Å². The molecule has 0 aliphatic carbocycles. The summed E-state index contributed by atoms with van der Waals surface area (Å²) >= 11 is 1.72. The van der Waals surface area contributed by atoms with Crippen molar-refractivity contribution in [2.24, 2.45) is 0 Å². The van der Waals surface area contributed by atoms with E-state index in [2.05, 4.69) is 45.5 Å². The minimum absolute atomic E-state index is 0.750. The van der Waals surface area contributed by atoms with Crippen molar-refractivity contribution in [1.82, 2.24) is 19.7 Å². The molecule has 1 N–H and O–H groups in total. The molecule has 0 radical (unpaired) electrons. The van der Waals surface area contributed by atoms with Crippen molar-refractivity contribution in [3.05, 3.63) is 65.6 Å². The molecular formula is C18H17N5S. The Bertz CT molecular complexity index is 958. The Balaban J connectivity index is 1.57. The highest BCUT2D eigenvalue weighted by Gasteiger charge is 2.09. The highest BCUT2D eigenvalue weighted by molar-refractivity contribution is 7.18. The topological polar surface area (TPSA) is 55.6 Å². The lowest BCUT2D eigenvalue weighted by Crippen LogP contribution is -1.99. The lowest BCUT2D eigenvalue weighted by molar-refractivity contribution is 0.687. The van der Waals surface area contributed by atoms with Gasteiger partial charge in [0.2, 0.25) is 0 Å². The molecule has 0 saturated heterocycles. The molecule has 6 heteroatoms. The summed E-state index contributed by atoms with van der Waals surface area (Å²) in [7, 11) is 0. The molecule has 0 amide bonds. The summed E-state index contributed by atoms with van der Waals surface area (Å²) in [5.74, 6) is 0.829. The fraction of sp³-hybridized carbons (Fsp3) is 0.167. The zero-order valence-electron chi connectivity index (χ0n) is 13.3. The minimum Gasteiger partial charge on any atom is -0.337 e. The fourth-order valence-electron chi connectivity index (χ4n) is 2.60. The number of hydrogen-bond donors (Lipinski definition) is 1. The van der Waals surface area contributed by atoms with Crippen LogP contribution in [0, 0.1) is 0 Å². The molecule has 24 heavy (non-hydrogen) atoms. The second kappa shape index (κ2) is 6.41. The lowest BCUT2D eigenvalue weighted by atomic mass is 10.2. The second-order valence-electron chi connectivity index (χ2n) is 5.54. The third-order valence-corrected chi connectivity index (χ3v) is 5.00. The molecule has 0 spiro atoms. The zero-order chi connectivity index (χ0) is 16.4. The Morgan fingerprint density at radius 1 is 1.17 bits per heavy atom. The van der Waals surface area contributed by atoms with Crippen LogP contribution >= 0.6 is 11.3 Å². The van der Waals surface area contributed by atoms with Crippen molar-refractivity contribution < 1.29 is 0 Å². The molecule has 0 aliphatic rings. The van der Waals surface area contributed by atoms with E-state index in [1.54, 1.807) is 17.7 Å². The summed E-state index contributed by atoms with van der Waals surface area (Å²) < 4.78 is 1.92. The highest BCUT2D eigenvalue weighted by Crippen LogP contribution is 2.29. The summed E-state index contributed by atoms with van der Waals surface area (Å²) in [6, 6.07) is 12.5. The third kappa shape index (κ3) is 3.00. The molecule has 0 fully saturated rings. The van der Waals surface area contributed by atoms with Crippen LogP contribution < -0.4 is 5.32 Å². The number of nitrogens with one attached hydrogen (secondary N) is 1. The van der Waals surface area contributed by atoms with Gasteiger partial charge in [-0.2, -0.15) is 5.10 Å². The van der Waals surface area contributed by atoms with Crippen LogP contribution in [0.1, 0.15) is 17.4 Å². The molecule has 0 saturated carbocycles. The van der Waals surface area contributed by atoms with Crippen LogP contribution in [0.2, 0.25) is 0 Å². The van der Waals surface area contributed by atoms with E-state index in [-0.39, 0.29) is 0 Å². The number of hydrogen-bond acceptors (Lipinski definition) is 5. The quantitative estimate of drug-likeness (QED) is 0.592. The molecule has 0 atom stereocenters. The van der Waals surface area contributed by atoms with Crippen LogP contribution in [0.5, 0.6) is 0 Å². The molecular weight excluding hydrogens is 318 g/mol. The molecule has 5 nitrogen and oxygen atoms in total. The predicted octanol–water partition coefficient (Wildman–Crippen LogP) is 4.24. The molecule has 0 unspecified atom stereocenters. The summed E-state index contributed by atoms with van der Waals surface area (Å²) in [6.45, 7) is 2.90. The SMILES string of the molecule is CCc1cc2c(Nc3cnn(Cc4ccccc4)c3)ncnc2s1. The van der Waals surface area contributed by atoms with Crippen molar-refractivity contribution >= 4 is 33.1 Å². The van der Waals surface area contributed by atoms with Gasteiger partial charge in [0.15, 0.2) is 0 Å². The molecule has 4 rings (SSSR count). The van der Waals surface area contributed by atoms with Crippen LogP contribution in [-0.4, -0.2) is 19.7 Å². The van der Waals surface area contributed by atoms with E-state index in [4.69, 9.17) is 0 Å². The summed E-state index contributed by atoms with van der Waals surface area (Å²) in [5.41, 5.74) is 2.15. The van der Waals surface area contributed by atoms with Crippen LogP contribution in [0.3, 0.4) is 0 Å². The van der Waals surface area contributed by atoms with Gasteiger partial charge < -0.3 is 5.32 Å². The van der Waals surface area contributed by atoms with Gasteiger partial charge in [-0.1, -0.05) is 37.3 Å². The summed E-state index contributed by atoms with van der Waals surface area (Å²) in [4.78, 5) is 11.1. The van der Waals surface area contributed by atoms with Crippen LogP contribution in [0.25, 0.3) is 10.2 Å². The van der Waals surface area contributed by atoms with Crippen molar-refractivity contribution in [3.63, 3.8) is 0 Å². The smallest absolute Gasteiger partial charge is 0.142 e. The number of thiophene rings is 1. The van der Waals surface area contributed by atoms with E-state index >= 15 is 0 Å². The molecule has 1 aromatic carbocycles. The molecule has 0 aliphatic heterocycles. The number of rotatable bonds is 5. The Hall–Kier alpha value is -2.73. The lowest BCUT2D eigenvalue weighted by Gasteiger charge is -2.03. The number of aryl methyl sites for hydroxylation is 1. The highest BCUT2D eigenvalue weighted by atomic mass is 32.1. The average molecular weight is 335 g/mol. The van der Waals surface area contributed by atoms with Crippen molar-refractivity contribution in [1.29, 1.82) is 0 Å². The van der Waals surface area contributed by atoms with Gasteiger partial charge in [-0.15, -0.1) is 11.3 Å². The van der Waals surface area contributed by atoms with Crippen LogP contribution in [-0.2, 0) is 13.0 Å². The van der Waals surface area contributed by atoms with E-state index in [1.165, 1.54) is 10.4 Å². The maximum Gasteiger partial charge on any atom is 0.142 e. The fourth-order valence-corrected chi connectivity index (χ4v) is 3.54. The van der Waals surface area contributed by atoms with Gasteiger partial charge in [0.1, 0.15) is 17.0 Å². The van der Waals surface area contributed by atoms with Gasteiger partial charge >= 0.3 is 0 Å². The summed E-state index contributed by atoms with van der Waals surface area (Å²) in [6.07, 6.45) is 6.43. The molecule has 3 aromatic heterocycles. The second-order valence-corrected chi connectivity index (χ2v) is 6.66. The standard InChI is InChI=1S/C18H17N5S/c1-2-15-8-16-17(19-12-20-18(16)24-15)22-14-9-21-23(11-14)10-13-6-4-3-5-7-13/h3-9,11-12H,2,10H2,1H3,(H,19,20,22). The van der Waals surface area contributed by atoms with Gasteiger partial charge in [0.05, 0.1) is 23.8 Å². The number of anilines is 2. The number of benzene rings is 1. The van der Waals surface area contributed by atoms with E-state index in [0.717, 1.165) is 34.7 Å². The first kappa shape index (κ1) is 14.8. The van der Waals surface area contributed by atoms with Crippen molar-refractivity contribution in [2.75, 3.05) is 5.32 Å². The Morgan fingerprint density at radius 3 is 2.88 bits per heavy atom. The monoisotopic (exact) mass is 335 g/mol. The molecule has 3 heterocycles. The maximum absolute atomic E-state index is 4.42. The zero-order valence-corrected chi connectivity index (χ0v) is 14.1. The van der Waals surface area contributed by atoms with Crippen molar-refractivity contribution in [3.8, 4) is 0 Å². The van der Waals surface area contributed by atoms with Gasteiger partial charge in [-0.05, 0) is 18.1 Å². The van der Waals surface area contributed by atoms with Gasteiger partial charge in [0.25, 0.3) is 0 Å². The first-order valence-electron chi connectivity index (χ1n) is 7.88. The first-order valence-corrected chi connectivity index (χ1v) is 8.70. The number of nitrogens with zero attached hydrogens (tertiary/aromatic N) is 4. The minimum atomic E-state index is 0.750. The molecule has 0 bridgehead atoms. The van der Waals surface area contributed by atoms with E-state index < -0.39 is 0 Å². The van der Waals surface area contributed by atoms with Gasteiger partial charge in [-0.3, -0.25) is 4.68 Å². The normalized spacial score (nSPS) is 11.0. The molecule has 4 aromatic rings. The Labute approximate surface area is 144 Å². The van der Waals surface area contributed by atoms with Crippen molar-refractivity contribution in [2.45, 2.75) is 19.9 Å². The van der Waals surface area contributed by atoms with Crippen LogP contribution in [0.15, 0.2) is 55.1 Å². The first-order chi connectivity index (χ1) is 11.8. The van der Waals surface area contributed by atoms with Gasteiger partial charge in [-0.25, -0.2) is 9.97 Å². The number of fused-ring (bicyclic) bond motifs is 1. The van der Waals surface area contributed by atoms with Crippen LogP contribution in [0.4, 0.5) is 11.5 Å².